The van der Waals surface area contributed by atoms with Crippen LogP contribution >= 0.6 is 0 Å². The van der Waals surface area contributed by atoms with Gasteiger partial charge in [-0.1, -0.05) is 42.8 Å². The molecule has 4 atom stereocenters. The van der Waals surface area contributed by atoms with Crippen LogP contribution in [0.2, 0.25) is 0 Å². The molecule has 2 bridgehead atoms. The third-order valence-corrected chi connectivity index (χ3v) is 8.20. The summed E-state index contributed by atoms with van der Waals surface area (Å²) in [5, 5.41) is 0. The average molecular weight is 538 g/mol. The molecule has 1 aliphatic carbocycles. The molecule has 2 fully saturated rings. The summed E-state index contributed by atoms with van der Waals surface area (Å²) in [5.41, 5.74) is 3.99. The fourth-order valence-corrected chi connectivity index (χ4v) is 7.00. The molecule has 1 aromatic carbocycles. The standard InChI is InChI=1S/C27H40NO2.HI/c1-4-16-28(20(2)3)23-14-15-24(28)19-25(18-23)30-27(29)17-22-12-8-9-13-26(22)21-10-6-5-7-11-21;/h5-7,10-11,20,23-25H,4,8-9,12-19H2,1-3H3;1H/q+1;/p-1/t23-,24+,25?,28?;. The number of carbonyl (C=O) groups excluding carboxylic acids is 1. The smallest absolute Gasteiger partial charge is 0.310 e. The molecule has 2 unspecified atom stereocenters. The molecule has 172 valence electrons. The molecule has 0 saturated carbocycles. The highest BCUT2D eigenvalue weighted by molar-refractivity contribution is 5.79. The summed E-state index contributed by atoms with van der Waals surface area (Å²) in [6.45, 7) is 8.39. The van der Waals surface area contributed by atoms with Crippen molar-refractivity contribution in [2.75, 3.05) is 6.54 Å². The number of halogens is 1. The van der Waals surface area contributed by atoms with Gasteiger partial charge in [0.05, 0.1) is 31.1 Å². The van der Waals surface area contributed by atoms with Crippen LogP contribution in [0.5, 0.6) is 0 Å². The topological polar surface area (TPSA) is 26.3 Å². The minimum atomic E-state index is 0. The highest BCUT2D eigenvalue weighted by Crippen LogP contribution is 2.46. The van der Waals surface area contributed by atoms with Gasteiger partial charge in [-0.25, -0.2) is 0 Å². The van der Waals surface area contributed by atoms with E-state index in [1.807, 2.05) is 0 Å². The number of allylic oxidation sites excluding steroid dienone is 1. The van der Waals surface area contributed by atoms with Crippen LogP contribution in [-0.2, 0) is 9.53 Å². The minimum Gasteiger partial charge on any atom is -1.00 e. The Kier molecular flexibility index (Phi) is 8.65. The molecule has 2 heterocycles. The number of piperidine rings is 1. The van der Waals surface area contributed by atoms with Crippen molar-refractivity contribution in [3.05, 3.63) is 41.5 Å². The summed E-state index contributed by atoms with van der Waals surface area (Å²) < 4.78 is 7.40. The zero-order valence-corrected chi connectivity index (χ0v) is 21.8. The molecule has 0 spiro atoms. The van der Waals surface area contributed by atoms with Crippen LogP contribution in [0.15, 0.2) is 35.9 Å². The normalized spacial score (nSPS) is 30.3. The van der Waals surface area contributed by atoms with Gasteiger partial charge in [0.2, 0.25) is 0 Å². The Bertz CT molecular complexity index is 759. The van der Waals surface area contributed by atoms with E-state index in [1.54, 1.807) is 0 Å². The van der Waals surface area contributed by atoms with Gasteiger partial charge in [0.15, 0.2) is 0 Å². The Morgan fingerprint density at radius 2 is 1.71 bits per heavy atom. The molecule has 31 heavy (non-hydrogen) atoms. The summed E-state index contributed by atoms with van der Waals surface area (Å²) in [4.78, 5) is 12.9. The molecule has 0 amide bonds. The minimum absolute atomic E-state index is 0. The van der Waals surface area contributed by atoms with E-state index >= 15 is 0 Å². The molecule has 2 aliphatic heterocycles. The number of ether oxygens (including phenoxy) is 1. The largest absolute Gasteiger partial charge is 1.00 e. The first-order chi connectivity index (χ1) is 14.5. The van der Waals surface area contributed by atoms with E-state index in [0.717, 1.165) is 25.7 Å². The third-order valence-electron chi connectivity index (χ3n) is 8.20. The molecule has 0 aromatic heterocycles. The SMILES string of the molecule is CCC[N+]1(C(C)C)[C@@H]2CC[C@H]1CC(OC(=O)CC1=C(c3ccccc3)CCCC1)C2.[I-]. The van der Waals surface area contributed by atoms with Crippen molar-refractivity contribution in [1.29, 1.82) is 0 Å². The summed E-state index contributed by atoms with van der Waals surface area (Å²) in [6.07, 6.45) is 11.1. The number of hydrogen-bond donors (Lipinski definition) is 0. The number of quaternary nitrogens is 1. The van der Waals surface area contributed by atoms with Crippen LogP contribution in [0.25, 0.3) is 5.57 Å². The van der Waals surface area contributed by atoms with E-state index in [2.05, 4.69) is 51.1 Å². The maximum atomic E-state index is 12.9. The van der Waals surface area contributed by atoms with Crippen molar-refractivity contribution in [3.8, 4) is 0 Å². The van der Waals surface area contributed by atoms with E-state index in [1.165, 1.54) is 59.8 Å². The quantitative estimate of drug-likeness (QED) is 0.303. The third kappa shape index (κ3) is 5.05. The maximum absolute atomic E-state index is 12.9. The van der Waals surface area contributed by atoms with E-state index in [-0.39, 0.29) is 36.0 Å². The van der Waals surface area contributed by atoms with E-state index in [9.17, 15) is 4.79 Å². The first kappa shape index (κ1) is 24.8. The van der Waals surface area contributed by atoms with Gasteiger partial charge < -0.3 is 33.2 Å². The lowest BCUT2D eigenvalue weighted by Crippen LogP contribution is -3.00. The predicted molar refractivity (Wildman–Crippen MR) is 123 cm³/mol. The van der Waals surface area contributed by atoms with Gasteiger partial charge in [-0.2, -0.15) is 0 Å². The lowest BCUT2D eigenvalue weighted by atomic mass is 9.86. The molecular weight excluding hydrogens is 497 g/mol. The van der Waals surface area contributed by atoms with Gasteiger partial charge in [0.1, 0.15) is 6.10 Å². The van der Waals surface area contributed by atoms with Gasteiger partial charge in [0.25, 0.3) is 0 Å². The fraction of sp³-hybridized carbons (Fsp3) is 0.667. The molecule has 4 heteroatoms. The second-order valence-corrected chi connectivity index (χ2v) is 10.1. The fourth-order valence-electron chi connectivity index (χ4n) is 7.00. The van der Waals surface area contributed by atoms with Gasteiger partial charge >= 0.3 is 5.97 Å². The zero-order valence-electron chi connectivity index (χ0n) is 19.6. The van der Waals surface area contributed by atoms with E-state index in [0.29, 0.717) is 24.5 Å². The number of carbonyl (C=O) groups is 1. The molecule has 0 radical (unpaired) electrons. The van der Waals surface area contributed by atoms with Crippen molar-refractivity contribution in [1.82, 2.24) is 0 Å². The summed E-state index contributed by atoms with van der Waals surface area (Å²) >= 11 is 0. The molecule has 3 aliphatic rings. The maximum Gasteiger partial charge on any atom is 0.310 e. The monoisotopic (exact) mass is 537 g/mol. The zero-order chi connectivity index (χ0) is 21.1. The Hall–Kier alpha value is -0.880. The number of hydrogen-bond acceptors (Lipinski definition) is 2. The van der Waals surface area contributed by atoms with Crippen molar-refractivity contribution in [2.24, 2.45) is 0 Å². The van der Waals surface area contributed by atoms with Crippen LogP contribution < -0.4 is 24.0 Å². The van der Waals surface area contributed by atoms with Crippen LogP contribution in [-0.4, -0.2) is 41.2 Å². The highest BCUT2D eigenvalue weighted by Gasteiger charge is 2.55. The van der Waals surface area contributed by atoms with E-state index < -0.39 is 0 Å². The number of benzene rings is 1. The van der Waals surface area contributed by atoms with Gasteiger partial charge in [-0.3, -0.25) is 4.79 Å². The van der Waals surface area contributed by atoms with Crippen LogP contribution in [0, 0.1) is 0 Å². The molecule has 4 rings (SSSR count). The number of nitrogens with zero attached hydrogens (tertiary/aromatic N) is 1. The lowest BCUT2D eigenvalue weighted by Gasteiger charge is -2.52. The summed E-state index contributed by atoms with van der Waals surface area (Å²) in [7, 11) is 0. The molecule has 1 aromatic rings. The Morgan fingerprint density at radius 1 is 1.06 bits per heavy atom. The summed E-state index contributed by atoms with van der Waals surface area (Å²) in [5.74, 6) is 0.00442. The van der Waals surface area contributed by atoms with Crippen molar-refractivity contribution >= 4 is 11.5 Å². The average Bonchev–Trinajstić information content (AvgIpc) is 2.93. The summed E-state index contributed by atoms with van der Waals surface area (Å²) in [6, 6.07) is 12.6. The molecular formula is C27H40INO2. The van der Waals surface area contributed by atoms with E-state index in [4.69, 9.17) is 4.74 Å². The van der Waals surface area contributed by atoms with Crippen molar-refractivity contribution in [3.63, 3.8) is 0 Å². The number of fused-ring (bicyclic) bond motifs is 2. The van der Waals surface area contributed by atoms with Crippen LogP contribution in [0.3, 0.4) is 0 Å². The molecule has 0 N–H and O–H groups in total. The second kappa shape index (κ2) is 10.8. The van der Waals surface area contributed by atoms with Crippen molar-refractivity contribution < 1.29 is 38.0 Å². The van der Waals surface area contributed by atoms with Gasteiger partial charge in [-0.05, 0) is 57.1 Å². The lowest BCUT2D eigenvalue weighted by molar-refractivity contribution is -0.985. The molecule has 3 nitrogen and oxygen atoms in total. The van der Waals surface area contributed by atoms with Crippen LogP contribution in [0.4, 0.5) is 0 Å². The highest BCUT2D eigenvalue weighted by atomic mass is 127. The predicted octanol–water partition coefficient (Wildman–Crippen LogP) is 3.28. The Morgan fingerprint density at radius 3 is 2.32 bits per heavy atom. The van der Waals surface area contributed by atoms with Crippen LogP contribution in [0.1, 0.15) is 90.5 Å². The second-order valence-electron chi connectivity index (χ2n) is 10.1. The first-order valence-electron chi connectivity index (χ1n) is 12.4. The van der Waals surface area contributed by atoms with Gasteiger partial charge in [0, 0.05) is 25.7 Å². The van der Waals surface area contributed by atoms with Gasteiger partial charge in [-0.15, -0.1) is 0 Å². The Labute approximate surface area is 206 Å². The Balaban J connectivity index is 0.00000272. The number of esters is 1. The first-order valence-corrected chi connectivity index (χ1v) is 12.4. The van der Waals surface area contributed by atoms with Crippen molar-refractivity contribution in [2.45, 2.75) is 109 Å². The number of rotatable bonds is 7. The molecule has 2 saturated heterocycles.